The van der Waals surface area contributed by atoms with Gasteiger partial charge in [0, 0.05) is 21.9 Å². The first kappa shape index (κ1) is 11.1. The highest BCUT2D eigenvalue weighted by atomic mass is 79.9. The lowest BCUT2D eigenvalue weighted by molar-refractivity contribution is 0.438. The van der Waals surface area contributed by atoms with Crippen LogP contribution in [0.1, 0.15) is 24.6 Å². The Balaban J connectivity index is 1.82. The molecule has 1 heterocycles. The maximum atomic E-state index is 13.4. The van der Waals surface area contributed by atoms with Crippen LogP contribution in [0.15, 0.2) is 22.7 Å². The molecule has 6 heteroatoms. The summed E-state index contributed by atoms with van der Waals surface area (Å²) in [5.74, 6) is 1.06. The van der Waals surface area contributed by atoms with E-state index in [1.54, 1.807) is 12.1 Å². The van der Waals surface area contributed by atoms with E-state index in [9.17, 15) is 4.39 Å². The van der Waals surface area contributed by atoms with Crippen molar-refractivity contribution in [2.75, 3.05) is 0 Å². The largest absolute Gasteiger partial charge is 0.427 e. The van der Waals surface area contributed by atoms with Gasteiger partial charge in [0.15, 0.2) is 11.6 Å². The molecular weight excluding hydrogens is 307 g/mol. The molecule has 1 aromatic heterocycles. The van der Waals surface area contributed by atoms with Crippen LogP contribution in [0.3, 0.4) is 0 Å². The smallest absolute Gasteiger partial charge is 0.298 e. The average molecular weight is 315 g/mol. The maximum absolute atomic E-state index is 13.4. The fourth-order valence-electron chi connectivity index (χ4n) is 1.42. The SMILES string of the molecule is Fc1ccc(Br)cc1Oc1nc(C2CC2)ns1. The molecule has 1 aliphatic rings. The van der Waals surface area contributed by atoms with E-state index in [0.717, 1.165) is 34.7 Å². The van der Waals surface area contributed by atoms with Gasteiger partial charge in [-0.25, -0.2) is 4.39 Å². The molecule has 0 spiro atoms. The second-order valence-electron chi connectivity index (χ2n) is 3.87. The lowest BCUT2D eigenvalue weighted by atomic mass is 10.3. The Hall–Kier alpha value is -1.01. The van der Waals surface area contributed by atoms with E-state index in [1.807, 2.05) is 0 Å². The van der Waals surface area contributed by atoms with Crippen LogP contribution in [0, 0.1) is 5.82 Å². The number of hydrogen-bond acceptors (Lipinski definition) is 4. The van der Waals surface area contributed by atoms with E-state index in [2.05, 4.69) is 25.3 Å². The maximum Gasteiger partial charge on any atom is 0.298 e. The molecule has 1 aliphatic carbocycles. The van der Waals surface area contributed by atoms with Crippen molar-refractivity contribution in [2.24, 2.45) is 0 Å². The van der Waals surface area contributed by atoms with Crippen LogP contribution in [0.25, 0.3) is 0 Å². The van der Waals surface area contributed by atoms with Gasteiger partial charge in [0.25, 0.3) is 5.19 Å². The molecule has 17 heavy (non-hydrogen) atoms. The molecule has 1 saturated carbocycles. The van der Waals surface area contributed by atoms with Crippen molar-refractivity contribution in [3.8, 4) is 10.9 Å². The Bertz CT molecular complexity index is 556. The topological polar surface area (TPSA) is 35.0 Å². The summed E-state index contributed by atoms with van der Waals surface area (Å²) in [5.41, 5.74) is 0. The van der Waals surface area contributed by atoms with E-state index in [0.29, 0.717) is 11.1 Å². The molecule has 3 nitrogen and oxygen atoms in total. The van der Waals surface area contributed by atoms with Crippen LogP contribution in [0.2, 0.25) is 0 Å². The first-order chi connectivity index (χ1) is 8.22. The molecule has 88 valence electrons. The van der Waals surface area contributed by atoms with Crippen LogP contribution >= 0.6 is 27.5 Å². The lowest BCUT2D eigenvalue weighted by Gasteiger charge is -2.02. The number of nitrogens with zero attached hydrogens (tertiary/aromatic N) is 2. The number of halogens is 2. The van der Waals surface area contributed by atoms with Crippen LogP contribution in [0.4, 0.5) is 4.39 Å². The summed E-state index contributed by atoms with van der Waals surface area (Å²) in [5, 5.41) is 0.392. The van der Waals surface area contributed by atoms with Gasteiger partial charge in [-0.1, -0.05) is 15.9 Å². The summed E-state index contributed by atoms with van der Waals surface area (Å²) >= 11 is 4.43. The van der Waals surface area contributed by atoms with Crippen LogP contribution in [-0.2, 0) is 0 Å². The van der Waals surface area contributed by atoms with Gasteiger partial charge in [-0.05, 0) is 31.0 Å². The molecule has 0 amide bonds. The van der Waals surface area contributed by atoms with Crippen molar-refractivity contribution in [1.82, 2.24) is 9.36 Å². The highest BCUT2D eigenvalue weighted by Crippen LogP contribution is 2.40. The lowest BCUT2D eigenvalue weighted by Crippen LogP contribution is -1.88. The summed E-state index contributed by atoms with van der Waals surface area (Å²) in [6.07, 6.45) is 2.28. The van der Waals surface area contributed by atoms with Gasteiger partial charge < -0.3 is 4.74 Å². The van der Waals surface area contributed by atoms with Gasteiger partial charge in [0.2, 0.25) is 0 Å². The quantitative estimate of drug-likeness (QED) is 0.855. The summed E-state index contributed by atoms with van der Waals surface area (Å²) in [4.78, 5) is 4.24. The average Bonchev–Trinajstić information content (AvgIpc) is 3.05. The normalized spacial score (nSPS) is 14.9. The van der Waals surface area contributed by atoms with Crippen LogP contribution < -0.4 is 4.74 Å². The predicted octanol–water partition coefficient (Wildman–Crippen LogP) is 4.11. The monoisotopic (exact) mass is 314 g/mol. The molecule has 0 saturated heterocycles. The predicted molar refractivity (Wildman–Crippen MR) is 66.1 cm³/mol. The molecule has 0 N–H and O–H groups in total. The van der Waals surface area contributed by atoms with E-state index < -0.39 is 5.82 Å². The third-order valence-electron chi connectivity index (χ3n) is 2.46. The summed E-state index contributed by atoms with van der Waals surface area (Å²) in [6, 6.07) is 4.55. The molecular formula is C11H8BrFN2OS. The molecule has 2 aromatic rings. The molecule has 1 fully saturated rings. The van der Waals surface area contributed by atoms with Gasteiger partial charge in [-0.15, -0.1) is 0 Å². The second kappa shape index (κ2) is 4.34. The van der Waals surface area contributed by atoms with Crippen molar-refractivity contribution in [2.45, 2.75) is 18.8 Å². The Kier molecular flexibility index (Phi) is 2.84. The van der Waals surface area contributed by atoms with Gasteiger partial charge in [0.1, 0.15) is 5.82 Å². The minimum atomic E-state index is -0.406. The Morgan fingerprint density at radius 1 is 1.41 bits per heavy atom. The minimum Gasteiger partial charge on any atom is -0.427 e. The fourth-order valence-corrected chi connectivity index (χ4v) is 2.38. The molecule has 0 bridgehead atoms. The Labute approximate surface area is 110 Å². The van der Waals surface area contributed by atoms with Crippen molar-refractivity contribution >= 4 is 27.5 Å². The minimum absolute atomic E-state index is 0.165. The number of hydrogen-bond donors (Lipinski definition) is 0. The van der Waals surface area contributed by atoms with Crippen LogP contribution in [0.5, 0.6) is 10.9 Å². The van der Waals surface area contributed by atoms with Gasteiger partial charge in [-0.2, -0.15) is 9.36 Å². The highest BCUT2D eigenvalue weighted by molar-refractivity contribution is 9.10. The van der Waals surface area contributed by atoms with E-state index >= 15 is 0 Å². The molecule has 3 rings (SSSR count). The number of rotatable bonds is 3. The number of benzene rings is 1. The number of ether oxygens (including phenoxy) is 1. The first-order valence-corrected chi connectivity index (χ1v) is 6.75. The van der Waals surface area contributed by atoms with Crippen molar-refractivity contribution in [1.29, 1.82) is 0 Å². The second-order valence-corrected chi connectivity index (χ2v) is 5.50. The zero-order chi connectivity index (χ0) is 11.8. The fraction of sp³-hybridized carbons (Fsp3) is 0.273. The number of aromatic nitrogens is 2. The highest BCUT2D eigenvalue weighted by Gasteiger charge is 2.28. The van der Waals surface area contributed by atoms with E-state index in [-0.39, 0.29) is 5.75 Å². The third-order valence-corrected chi connectivity index (χ3v) is 3.56. The Morgan fingerprint density at radius 2 is 2.24 bits per heavy atom. The third kappa shape index (κ3) is 2.47. The molecule has 1 aromatic carbocycles. The van der Waals surface area contributed by atoms with Crippen molar-refractivity contribution < 1.29 is 9.13 Å². The summed E-state index contributed by atoms with van der Waals surface area (Å²) in [6.45, 7) is 0. The first-order valence-electron chi connectivity index (χ1n) is 5.19. The Morgan fingerprint density at radius 3 is 3.00 bits per heavy atom. The standard InChI is InChI=1S/C11H8BrFN2OS/c12-7-3-4-8(13)9(5-7)16-11-14-10(15-17-11)6-1-2-6/h3-6H,1-2H2. The molecule has 0 unspecified atom stereocenters. The van der Waals surface area contributed by atoms with Crippen LogP contribution in [-0.4, -0.2) is 9.36 Å². The van der Waals surface area contributed by atoms with E-state index in [1.165, 1.54) is 6.07 Å². The van der Waals surface area contributed by atoms with E-state index in [4.69, 9.17) is 4.74 Å². The van der Waals surface area contributed by atoms with Gasteiger partial charge in [0.05, 0.1) is 0 Å². The molecule has 0 aliphatic heterocycles. The van der Waals surface area contributed by atoms with Gasteiger partial charge >= 0.3 is 0 Å². The zero-order valence-electron chi connectivity index (χ0n) is 8.69. The summed E-state index contributed by atoms with van der Waals surface area (Å²) in [7, 11) is 0. The summed E-state index contributed by atoms with van der Waals surface area (Å²) < 4.78 is 23.8. The molecule has 0 radical (unpaired) electrons. The molecule has 0 atom stereocenters. The van der Waals surface area contributed by atoms with Crippen molar-refractivity contribution in [3.05, 3.63) is 34.3 Å². The van der Waals surface area contributed by atoms with Crippen molar-refractivity contribution in [3.63, 3.8) is 0 Å². The van der Waals surface area contributed by atoms with Gasteiger partial charge in [-0.3, -0.25) is 0 Å². The zero-order valence-corrected chi connectivity index (χ0v) is 11.1.